The Labute approximate surface area is 175 Å². The van der Waals surface area contributed by atoms with Crippen LogP contribution in [0, 0.1) is 5.92 Å². The molecule has 6 nitrogen and oxygen atoms in total. The van der Waals surface area contributed by atoms with Crippen molar-refractivity contribution in [2.24, 2.45) is 13.0 Å². The molecule has 1 aliphatic rings. The minimum Gasteiger partial charge on any atom is -0.376 e. The summed E-state index contributed by atoms with van der Waals surface area (Å²) < 4.78 is 7.67. The molecular weight excluding hydrogens is 396 g/mol. The van der Waals surface area contributed by atoms with Crippen LogP contribution in [0.5, 0.6) is 0 Å². The number of hydrogen-bond donors (Lipinski definition) is 1. The Kier molecular flexibility index (Phi) is 7.01. The molecule has 1 aromatic carbocycles. The van der Waals surface area contributed by atoms with Crippen LogP contribution in [-0.4, -0.2) is 39.4 Å². The molecule has 2 aromatic rings. The molecule has 1 atom stereocenters. The molecule has 0 unspecified atom stereocenters. The lowest BCUT2D eigenvalue weighted by Gasteiger charge is -2.34. The molecule has 0 radical (unpaired) electrons. The highest BCUT2D eigenvalue weighted by Crippen LogP contribution is 2.28. The fourth-order valence-electron chi connectivity index (χ4n) is 3.36. The molecule has 0 bridgehead atoms. The molecular formula is C20H27ClN4O2S. The molecule has 0 saturated carbocycles. The van der Waals surface area contributed by atoms with E-state index in [1.54, 1.807) is 11.8 Å². The van der Waals surface area contributed by atoms with Crippen LogP contribution in [0.25, 0.3) is 0 Å². The molecule has 1 fully saturated rings. The molecule has 8 heteroatoms. The number of benzene rings is 1. The van der Waals surface area contributed by atoms with E-state index < -0.39 is 0 Å². The summed E-state index contributed by atoms with van der Waals surface area (Å²) in [6.07, 6.45) is 2.19. The van der Waals surface area contributed by atoms with E-state index in [1.165, 1.54) is 0 Å². The van der Waals surface area contributed by atoms with Crippen LogP contribution < -0.4 is 5.32 Å². The molecule has 1 N–H and O–H groups in total. The van der Waals surface area contributed by atoms with E-state index in [2.05, 4.69) is 15.5 Å². The van der Waals surface area contributed by atoms with Gasteiger partial charge in [-0.1, -0.05) is 35.5 Å². The summed E-state index contributed by atoms with van der Waals surface area (Å²) in [5, 5.41) is 13.2. The summed E-state index contributed by atoms with van der Waals surface area (Å²) in [5.41, 5.74) is 0.924. The molecule has 1 amide bonds. The Morgan fingerprint density at radius 3 is 3.00 bits per heavy atom. The second-order valence-electron chi connectivity index (χ2n) is 7.72. The van der Waals surface area contributed by atoms with Crippen LogP contribution in [0.15, 0.2) is 29.4 Å². The summed E-state index contributed by atoms with van der Waals surface area (Å²) in [5.74, 6) is 1.77. The highest BCUT2D eigenvalue weighted by Gasteiger charge is 2.32. The van der Waals surface area contributed by atoms with Crippen LogP contribution in [0.3, 0.4) is 0 Å². The van der Waals surface area contributed by atoms with Crippen molar-refractivity contribution in [2.45, 2.75) is 49.6 Å². The van der Waals surface area contributed by atoms with E-state index in [0.717, 1.165) is 40.2 Å². The number of rotatable bonds is 7. The van der Waals surface area contributed by atoms with E-state index in [1.807, 2.05) is 49.7 Å². The first kappa shape index (κ1) is 21.1. The Balaban J connectivity index is 1.47. The highest BCUT2D eigenvalue weighted by atomic mass is 35.5. The van der Waals surface area contributed by atoms with Crippen molar-refractivity contribution in [1.29, 1.82) is 0 Å². The first-order valence-corrected chi connectivity index (χ1v) is 10.9. The summed E-state index contributed by atoms with van der Waals surface area (Å²) in [6.45, 7) is 5.27. The number of amides is 1. The third-order valence-corrected chi connectivity index (χ3v) is 6.22. The van der Waals surface area contributed by atoms with E-state index >= 15 is 0 Å². The van der Waals surface area contributed by atoms with Gasteiger partial charge in [0.2, 0.25) is 5.91 Å². The third kappa shape index (κ3) is 5.72. The van der Waals surface area contributed by atoms with Gasteiger partial charge in [0.1, 0.15) is 5.82 Å². The minimum absolute atomic E-state index is 0.0204. The summed E-state index contributed by atoms with van der Waals surface area (Å²) in [4.78, 5) is 12.4. The fourth-order valence-corrected chi connectivity index (χ4v) is 4.45. The van der Waals surface area contributed by atoms with Gasteiger partial charge in [0.25, 0.3) is 0 Å². The van der Waals surface area contributed by atoms with Gasteiger partial charge in [0.15, 0.2) is 5.16 Å². The van der Waals surface area contributed by atoms with Gasteiger partial charge in [-0.15, -0.1) is 10.2 Å². The number of thioether (sulfide) groups is 1. The Morgan fingerprint density at radius 2 is 2.25 bits per heavy atom. The lowest BCUT2D eigenvalue weighted by molar-refractivity contribution is -0.135. The van der Waals surface area contributed by atoms with Gasteiger partial charge >= 0.3 is 0 Å². The normalized spacial score (nSPS) is 18.8. The van der Waals surface area contributed by atoms with Crippen LogP contribution >= 0.6 is 23.4 Å². The Morgan fingerprint density at radius 1 is 1.43 bits per heavy atom. The third-order valence-electron chi connectivity index (χ3n) is 4.90. The van der Waals surface area contributed by atoms with E-state index in [0.29, 0.717) is 19.6 Å². The fraction of sp³-hybridized carbons (Fsp3) is 0.550. The van der Waals surface area contributed by atoms with Crippen LogP contribution in [0.4, 0.5) is 0 Å². The van der Waals surface area contributed by atoms with Crippen molar-refractivity contribution in [1.82, 2.24) is 20.1 Å². The zero-order valence-corrected chi connectivity index (χ0v) is 18.1. The van der Waals surface area contributed by atoms with Gasteiger partial charge in [-0.3, -0.25) is 4.79 Å². The second-order valence-corrected chi connectivity index (χ2v) is 9.09. The zero-order valence-electron chi connectivity index (χ0n) is 16.6. The average molecular weight is 423 g/mol. The summed E-state index contributed by atoms with van der Waals surface area (Å²) in [7, 11) is 1.96. The molecule has 1 saturated heterocycles. The number of halogens is 1. The molecule has 0 aliphatic carbocycles. The predicted octanol–water partition coefficient (Wildman–Crippen LogP) is 3.62. The van der Waals surface area contributed by atoms with E-state index in [-0.39, 0.29) is 17.4 Å². The Hall–Kier alpha value is -1.57. The molecule has 1 aromatic heterocycles. The largest absolute Gasteiger partial charge is 0.376 e. The number of nitrogens with zero attached hydrogens (tertiary/aromatic N) is 3. The monoisotopic (exact) mass is 422 g/mol. The number of ether oxygens (including phenoxy) is 1. The number of carbonyl (C=O) groups excluding carboxylic acids is 1. The molecule has 1 aliphatic heterocycles. The lowest BCUT2D eigenvalue weighted by atomic mass is 9.88. The quantitative estimate of drug-likeness (QED) is 0.690. The van der Waals surface area contributed by atoms with Gasteiger partial charge in [0, 0.05) is 43.3 Å². The van der Waals surface area contributed by atoms with Crippen LogP contribution in [0.1, 0.15) is 38.1 Å². The topological polar surface area (TPSA) is 69.0 Å². The van der Waals surface area contributed by atoms with E-state index in [4.69, 9.17) is 16.3 Å². The van der Waals surface area contributed by atoms with Crippen molar-refractivity contribution in [3.8, 4) is 0 Å². The SMILES string of the molecule is Cn1c(CCNC(=O)[C@@H]2CCOC(C)(C)C2)nnc1SCc1cccc(Cl)c1. The van der Waals surface area contributed by atoms with Gasteiger partial charge in [0.05, 0.1) is 5.60 Å². The number of nitrogens with one attached hydrogen (secondary N) is 1. The average Bonchev–Trinajstić information content (AvgIpc) is 2.99. The number of aromatic nitrogens is 3. The first-order valence-electron chi connectivity index (χ1n) is 9.51. The van der Waals surface area contributed by atoms with E-state index in [9.17, 15) is 4.79 Å². The number of hydrogen-bond acceptors (Lipinski definition) is 5. The molecule has 3 rings (SSSR count). The van der Waals surface area contributed by atoms with Gasteiger partial charge in [-0.25, -0.2) is 0 Å². The maximum atomic E-state index is 12.4. The van der Waals surface area contributed by atoms with Crippen molar-refractivity contribution < 1.29 is 9.53 Å². The summed E-state index contributed by atoms with van der Waals surface area (Å²) >= 11 is 7.65. The molecule has 2 heterocycles. The summed E-state index contributed by atoms with van der Waals surface area (Å²) in [6, 6.07) is 7.82. The molecule has 152 valence electrons. The van der Waals surface area contributed by atoms with Crippen molar-refractivity contribution >= 4 is 29.3 Å². The maximum Gasteiger partial charge on any atom is 0.223 e. The Bertz CT molecular complexity index is 824. The van der Waals surface area contributed by atoms with Crippen LogP contribution in [-0.2, 0) is 28.8 Å². The van der Waals surface area contributed by atoms with Gasteiger partial charge in [-0.05, 0) is 44.4 Å². The molecule has 0 spiro atoms. The van der Waals surface area contributed by atoms with Gasteiger partial charge in [-0.2, -0.15) is 0 Å². The predicted molar refractivity (Wildman–Crippen MR) is 111 cm³/mol. The maximum absolute atomic E-state index is 12.4. The standard InChI is InChI=1S/C20H27ClN4O2S/c1-20(2)12-15(8-10-27-20)18(26)22-9-7-17-23-24-19(25(17)3)28-13-14-5-4-6-16(21)11-14/h4-6,11,15H,7-10,12-13H2,1-3H3,(H,22,26)/t15-/m1/s1. The number of carbonyl (C=O) groups is 1. The second kappa shape index (κ2) is 9.29. The van der Waals surface area contributed by atoms with Crippen molar-refractivity contribution in [2.75, 3.05) is 13.2 Å². The van der Waals surface area contributed by atoms with Crippen molar-refractivity contribution in [3.05, 3.63) is 40.7 Å². The molecule has 28 heavy (non-hydrogen) atoms. The van der Waals surface area contributed by atoms with Crippen molar-refractivity contribution in [3.63, 3.8) is 0 Å². The zero-order chi connectivity index (χ0) is 20.1. The van der Waals surface area contributed by atoms with Crippen LogP contribution in [0.2, 0.25) is 5.02 Å². The smallest absolute Gasteiger partial charge is 0.223 e. The minimum atomic E-state index is -0.223. The first-order chi connectivity index (χ1) is 13.3. The highest BCUT2D eigenvalue weighted by molar-refractivity contribution is 7.98. The lowest BCUT2D eigenvalue weighted by Crippen LogP contribution is -2.42. The van der Waals surface area contributed by atoms with Gasteiger partial charge < -0.3 is 14.6 Å².